The third-order valence-electron chi connectivity index (χ3n) is 10.3. The van der Waals surface area contributed by atoms with Crippen molar-refractivity contribution in [3.8, 4) is 0 Å². The molecule has 0 saturated carbocycles. The molecule has 0 fully saturated rings. The molecule has 1 unspecified atom stereocenters. The van der Waals surface area contributed by atoms with Gasteiger partial charge in [0.05, 0.1) is 6.61 Å². The molecule has 0 aliphatic heterocycles. The fraction of sp³-hybridized carbons (Fsp3) is 0.760. The van der Waals surface area contributed by atoms with Crippen LogP contribution in [0.25, 0.3) is 0 Å². The van der Waals surface area contributed by atoms with Crippen LogP contribution in [0.2, 0.25) is 0 Å². The number of esters is 2. The first-order valence-corrected chi connectivity index (χ1v) is 25.6. The second-order valence-corrected chi connectivity index (χ2v) is 17.3. The number of hydrogen-bond donors (Lipinski definition) is 2. The Labute approximate surface area is 362 Å². The Morgan fingerprint density at radius 1 is 0.458 bits per heavy atom. The zero-order chi connectivity index (χ0) is 43.2. The van der Waals surface area contributed by atoms with Crippen LogP contribution in [0.4, 0.5) is 0 Å². The van der Waals surface area contributed by atoms with Crippen LogP contribution in [-0.4, -0.2) is 41.0 Å². The Balaban J connectivity index is 3.88. The van der Waals surface area contributed by atoms with Gasteiger partial charge in [-0.1, -0.05) is 216 Å². The number of phosphoric ester groups is 1. The number of phosphoric acid groups is 1. The van der Waals surface area contributed by atoms with E-state index < -0.39 is 32.5 Å². The third kappa shape index (κ3) is 48.3. The number of rotatable bonds is 44. The molecule has 8 nitrogen and oxygen atoms in total. The first kappa shape index (κ1) is 56.8. The predicted octanol–water partition coefficient (Wildman–Crippen LogP) is 15.2. The molecule has 2 N–H and O–H groups in total. The van der Waals surface area contributed by atoms with Gasteiger partial charge in [-0.3, -0.25) is 14.1 Å². The molecular weight excluding hydrogens is 760 g/mol. The van der Waals surface area contributed by atoms with Crippen molar-refractivity contribution < 1.29 is 37.9 Å². The number of allylic oxidation sites excluding steroid dienone is 10. The zero-order valence-corrected chi connectivity index (χ0v) is 38.8. The van der Waals surface area contributed by atoms with Crippen LogP contribution in [0.5, 0.6) is 0 Å². The smallest absolute Gasteiger partial charge is 0.462 e. The van der Waals surface area contributed by atoms with Gasteiger partial charge in [0.2, 0.25) is 0 Å². The highest BCUT2D eigenvalue weighted by atomic mass is 31.2. The summed E-state index contributed by atoms with van der Waals surface area (Å²) in [5.74, 6) is -0.916. The highest BCUT2D eigenvalue weighted by molar-refractivity contribution is 7.46. The van der Waals surface area contributed by atoms with E-state index in [2.05, 4.69) is 79.1 Å². The molecule has 0 amide bonds. The molecule has 342 valence electrons. The highest BCUT2D eigenvalue weighted by Crippen LogP contribution is 2.36. The Morgan fingerprint density at radius 2 is 0.814 bits per heavy atom. The van der Waals surface area contributed by atoms with Crippen LogP contribution in [0.3, 0.4) is 0 Å². The first-order valence-electron chi connectivity index (χ1n) is 24.1. The van der Waals surface area contributed by atoms with Gasteiger partial charge in [-0.05, 0) is 57.8 Å². The normalized spacial score (nSPS) is 12.9. The van der Waals surface area contributed by atoms with Gasteiger partial charge < -0.3 is 19.3 Å². The minimum Gasteiger partial charge on any atom is -0.462 e. The van der Waals surface area contributed by atoms with Crippen molar-refractivity contribution in [3.05, 3.63) is 60.8 Å². The van der Waals surface area contributed by atoms with Gasteiger partial charge in [-0.25, -0.2) is 4.57 Å². The highest BCUT2D eigenvalue weighted by Gasteiger charge is 2.23. The number of unbranched alkanes of at least 4 members (excludes halogenated alkanes) is 24. The van der Waals surface area contributed by atoms with Gasteiger partial charge in [-0.15, -0.1) is 0 Å². The summed E-state index contributed by atoms with van der Waals surface area (Å²) in [6.45, 7) is 3.57. The molecule has 0 aromatic rings. The van der Waals surface area contributed by atoms with E-state index in [9.17, 15) is 14.2 Å². The van der Waals surface area contributed by atoms with Gasteiger partial charge in [0.1, 0.15) is 6.61 Å². The lowest BCUT2D eigenvalue weighted by atomic mass is 10.0. The van der Waals surface area contributed by atoms with Gasteiger partial charge in [0.25, 0.3) is 0 Å². The van der Waals surface area contributed by atoms with E-state index in [0.717, 1.165) is 70.6 Å². The van der Waals surface area contributed by atoms with Crippen molar-refractivity contribution in [2.45, 2.75) is 232 Å². The van der Waals surface area contributed by atoms with E-state index in [4.69, 9.17) is 19.3 Å². The summed E-state index contributed by atoms with van der Waals surface area (Å²) in [6, 6.07) is 0. The topological polar surface area (TPSA) is 119 Å². The van der Waals surface area contributed by atoms with E-state index >= 15 is 0 Å². The molecular formula is C50H89O8P. The fourth-order valence-electron chi connectivity index (χ4n) is 6.75. The fourth-order valence-corrected chi connectivity index (χ4v) is 7.11. The molecule has 0 rings (SSSR count). The number of carbonyl (C=O) groups is 2. The Kier molecular flexibility index (Phi) is 43.6. The minimum atomic E-state index is -4.77. The number of hydrogen-bond acceptors (Lipinski definition) is 6. The molecule has 0 radical (unpaired) electrons. The molecule has 0 spiro atoms. The van der Waals surface area contributed by atoms with Crippen molar-refractivity contribution in [3.63, 3.8) is 0 Å². The Morgan fingerprint density at radius 3 is 1.22 bits per heavy atom. The van der Waals surface area contributed by atoms with Crippen LogP contribution in [0, 0.1) is 0 Å². The van der Waals surface area contributed by atoms with E-state index in [-0.39, 0.29) is 19.4 Å². The standard InChI is InChI=1S/C50H89O8P/c1-3-5-7-9-11-13-15-17-19-21-23-24-25-27-28-30-32-34-36-38-40-42-44-49(51)56-46-48(47-57-59(53,54)55)58-50(52)45-43-41-39-37-35-33-31-29-26-22-20-18-16-14-12-10-8-6-4-2/h6,8,12,14,18,20,26,29,33,35,48H,3-5,7,9-11,13,15-17,19,21-25,27-28,30-32,34,36-47H2,1-2H3,(H2,53,54,55)/b8-6-,14-12-,20-18-,29-26-,35-33-. The number of ether oxygens (including phenoxy) is 2. The molecule has 59 heavy (non-hydrogen) atoms. The van der Waals surface area contributed by atoms with Gasteiger partial charge >= 0.3 is 19.8 Å². The zero-order valence-electron chi connectivity index (χ0n) is 37.9. The maximum absolute atomic E-state index is 12.4. The molecule has 9 heteroatoms. The molecule has 0 aliphatic carbocycles. The second-order valence-electron chi connectivity index (χ2n) is 16.1. The molecule has 0 aromatic heterocycles. The van der Waals surface area contributed by atoms with Gasteiger partial charge in [0, 0.05) is 12.8 Å². The minimum absolute atomic E-state index is 0.172. The average molecular weight is 849 g/mol. The summed E-state index contributed by atoms with van der Waals surface area (Å²) in [4.78, 5) is 43.0. The molecule has 0 aliphatic rings. The lowest BCUT2D eigenvalue weighted by molar-refractivity contribution is -0.161. The lowest BCUT2D eigenvalue weighted by Gasteiger charge is -2.18. The monoisotopic (exact) mass is 849 g/mol. The van der Waals surface area contributed by atoms with Gasteiger partial charge in [0.15, 0.2) is 6.10 Å². The summed E-state index contributed by atoms with van der Waals surface area (Å²) in [5, 5.41) is 0. The summed E-state index contributed by atoms with van der Waals surface area (Å²) < 4.78 is 26.5. The van der Waals surface area contributed by atoms with Crippen LogP contribution in [0.15, 0.2) is 60.8 Å². The molecule has 0 heterocycles. The second kappa shape index (κ2) is 45.3. The summed E-state index contributed by atoms with van der Waals surface area (Å²) in [6.07, 6.45) is 58.1. The van der Waals surface area contributed by atoms with Crippen molar-refractivity contribution in [2.75, 3.05) is 13.2 Å². The maximum Gasteiger partial charge on any atom is 0.469 e. The van der Waals surface area contributed by atoms with Crippen molar-refractivity contribution in [2.24, 2.45) is 0 Å². The van der Waals surface area contributed by atoms with Crippen molar-refractivity contribution >= 4 is 19.8 Å². The summed E-state index contributed by atoms with van der Waals surface area (Å²) >= 11 is 0. The lowest BCUT2D eigenvalue weighted by Crippen LogP contribution is -2.29. The molecule has 0 saturated heterocycles. The number of carbonyl (C=O) groups excluding carboxylic acids is 2. The Bertz CT molecular complexity index is 1140. The predicted molar refractivity (Wildman–Crippen MR) is 248 cm³/mol. The van der Waals surface area contributed by atoms with Crippen LogP contribution < -0.4 is 0 Å². The molecule has 0 aromatic carbocycles. The molecule has 0 bridgehead atoms. The average Bonchev–Trinajstić information content (AvgIpc) is 3.21. The van der Waals surface area contributed by atoms with Crippen LogP contribution in [-0.2, 0) is 28.2 Å². The van der Waals surface area contributed by atoms with Gasteiger partial charge in [-0.2, -0.15) is 0 Å². The first-order chi connectivity index (χ1) is 28.8. The summed E-state index contributed by atoms with van der Waals surface area (Å²) in [5.41, 5.74) is 0. The quantitative estimate of drug-likeness (QED) is 0.0269. The maximum atomic E-state index is 12.4. The van der Waals surface area contributed by atoms with E-state index in [1.54, 1.807) is 0 Å². The van der Waals surface area contributed by atoms with E-state index in [1.165, 1.54) is 122 Å². The van der Waals surface area contributed by atoms with E-state index in [1.807, 2.05) is 0 Å². The SMILES string of the molecule is CC/C=C\C/C=C\C/C=C\C/C=C\C/C=C\CCCCCC(=O)OC(COC(=O)CCCCCCCCCCCCCCCCCCCCCCCC)COP(=O)(O)O. The van der Waals surface area contributed by atoms with Crippen molar-refractivity contribution in [1.29, 1.82) is 0 Å². The van der Waals surface area contributed by atoms with E-state index in [0.29, 0.717) is 6.42 Å². The third-order valence-corrected chi connectivity index (χ3v) is 10.8. The Hall–Kier alpha value is -2.25. The molecule has 1 atom stereocenters. The van der Waals surface area contributed by atoms with Crippen LogP contribution >= 0.6 is 7.82 Å². The largest absolute Gasteiger partial charge is 0.469 e. The van der Waals surface area contributed by atoms with Crippen molar-refractivity contribution in [1.82, 2.24) is 0 Å². The summed E-state index contributed by atoms with van der Waals surface area (Å²) in [7, 11) is -4.77. The van der Waals surface area contributed by atoms with Crippen LogP contribution in [0.1, 0.15) is 226 Å².